The number of hydrogen-bond acceptors (Lipinski definition) is 5. The minimum absolute atomic E-state index is 0.119. The monoisotopic (exact) mass is 233 g/mol. The highest BCUT2D eigenvalue weighted by Gasteiger charge is 2.48. The van der Waals surface area contributed by atoms with Crippen LogP contribution >= 0.6 is 11.8 Å². The summed E-state index contributed by atoms with van der Waals surface area (Å²) in [5.41, 5.74) is 5.26. The van der Waals surface area contributed by atoms with Gasteiger partial charge >= 0.3 is 5.97 Å². The Labute approximate surface area is 94.6 Å². The molecule has 0 aliphatic heterocycles. The molecular formula is C10H19NO3S. The summed E-state index contributed by atoms with van der Waals surface area (Å²) in [4.78, 5) is 11.7. The maximum Gasteiger partial charge on any atom is 0.327 e. The van der Waals surface area contributed by atoms with Crippen molar-refractivity contribution in [3.63, 3.8) is 0 Å². The topological polar surface area (TPSA) is 72.5 Å². The number of aliphatic hydroxyl groups is 1. The normalized spacial score (nSPS) is 19.7. The maximum absolute atomic E-state index is 11.7. The van der Waals surface area contributed by atoms with E-state index in [0.717, 1.165) is 12.8 Å². The van der Waals surface area contributed by atoms with Gasteiger partial charge in [0.05, 0.1) is 13.2 Å². The Morgan fingerprint density at radius 3 is 2.80 bits per heavy atom. The molecular weight excluding hydrogens is 214 g/mol. The Kier molecular flexibility index (Phi) is 4.89. The first-order valence-corrected chi connectivity index (χ1v) is 6.45. The summed E-state index contributed by atoms with van der Waals surface area (Å²) in [6.07, 6.45) is 2.02. The van der Waals surface area contributed by atoms with Crippen molar-refractivity contribution in [2.24, 2.45) is 11.7 Å². The average Bonchev–Trinajstić information content (AvgIpc) is 3.01. The van der Waals surface area contributed by atoms with Crippen LogP contribution in [0.4, 0.5) is 0 Å². The fourth-order valence-electron chi connectivity index (χ4n) is 1.51. The van der Waals surface area contributed by atoms with Gasteiger partial charge in [0, 0.05) is 11.5 Å². The third-order valence-corrected chi connectivity index (χ3v) is 3.69. The van der Waals surface area contributed by atoms with Crippen LogP contribution in [0, 0.1) is 5.92 Å². The SMILES string of the molecule is CCOC(=O)C(N)(CSCCO)C1CC1. The average molecular weight is 233 g/mol. The van der Waals surface area contributed by atoms with Gasteiger partial charge < -0.3 is 15.6 Å². The second kappa shape index (κ2) is 5.72. The molecule has 0 bridgehead atoms. The van der Waals surface area contributed by atoms with Crippen molar-refractivity contribution in [1.82, 2.24) is 0 Å². The third kappa shape index (κ3) is 3.36. The van der Waals surface area contributed by atoms with Crippen LogP contribution in [0.2, 0.25) is 0 Å². The molecule has 1 saturated carbocycles. The zero-order chi connectivity index (χ0) is 11.3. The highest BCUT2D eigenvalue weighted by atomic mass is 32.2. The molecule has 1 aliphatic carbocycles. The van der Waals surface area contributed by atoms with Gasteiger partial charge in [-0.15, -0.1) is 0 Å². The van der Waals surface area contributed by atoms with E-state index in [2.05, 4.69) is 0 Å². The number of esters is 1. The van der Waals surface area contributed by atoms with Crippen LogP contribution in [-0.2, 0) is 9.53 Å². The van der Waals surface area contributed by atoms with Crippen molar-refractivity contribution in [3.05, 3.63) is 0 Å². The molecule has 0 aromatic rings. The first-order chi connectivity index (χ1) is 7.15. The smallest absolute Gasteiger partial charge is 0.327 e. The Hall–Kier alpha value is -0.260. The highest BCUT2D eigenvalue weighted by Crippen LogP contribution is 2.40. The quantitative estimate of drug-likeness (QED) is 0.491. The van der Waals surface area contributed by atoms with Gasteiger partial charge in [-0.2, -0.15) is 11.8 Å². The number of rotatable bonds is 7. The Balaban J connectivity index is 2.49. The van der Waals surface area contributed by atoms with Crippen LogP contribution in [0.5, 0.6) is 0 Å². The number of carbonyl (C=O) groups is 1. The fraction of sp³-hybridized carbons (Fsp3) is 0.900. The Bertz CT molecular complexity index is 221. The first-order valence-electron chi connectivity index (χ1n) is 5.30. The predicted molar refractivity (Wildman–Crippen MR) is 60.7 cm³/mol. The largest absolute Gasteiger partial charge is 0.465 e. The molecule has 1 aliphatic rings. The second-order valence-corrected chi connectivity index (χ2v) is 4.92. The lowest BCUT2D eigenvalue weighted by Gasteiger charge is -2.26. The zero-order valence-corrected chi connectivity index (χ0v) is 9.89. The molecule has 0 spiro atoms. The van der Waals surface area contributed by atoms with E-state index in [1.165, 1.54) is 11.8 Å². The van der Waals surface area contributed by atoms with Crippen LogP contribution in [0.15, 0.2) is 0 Å². The van der Waals surface area contributed by atoms with E-state index in [1.807, 2.05) is 0 Å². The van der Waals surface area contributed by atoms with E-state index in [0.29, 0.717) is 18.1 Å². The predicted octanol–water partition coefficient (Wildman–Crippen LogP) is 0.382. The summed E-state index contributed by atoms with van der Waals surface area (Å²) < 4.78 is 5.00. The minimum atomic E-state index is -0.837. The van der Waals surface area contributed by atoms with Crippen molar-refractivity contribution in [2.75, 3.05) is 24.7 Å². The third-order valence-electron chi connectivity index (χ3n) is 2.54. The number of ether oxygens (including phenoxy) is 1. The van der Waals surface area contributed by atoms with Crippen molar-refractivity contribution in [1.29, 1.82) is 0 Å². The summed E-state index contributed by atoms with van der Waals surface area (Å²) >= 11 is 1.51. The number of hydrogen-bond donors (Lipinski definition) is 2. The number of thioether (sulfide) groups is 1. The molecule has 1 unspecified atom stereocenters. The lowest BCUT2D eigenvalue weighted by atomic mass is 9.97. The van der Waals surface area contributed by atoms with Gasteiger partial charge in [-0.25, -0.2) is 0 Å². The van der Waals surface area contributed by atoms with Crippen molar-refractivity contribution >= 4 is 17.7 Å². The summed E-state index contributed by atoms with van der Waals surface area (Å²) in [5.74, 6) is 1.13. The number of aliphatic hydroxyl groups excluding tert-OH is 1. The van der Waals surface area contributed by atoms with E-state index in [-0.39, 0.29) is 18.5 Å². The minimum Gasteiger partial charge on any atom is -0.465 e. The Morgan fingerprint density at radius 1 is 1.67 bits per heavy atom. The van der Waals surface area contributed by atoms with Gasteiger partial charge in [-0.05, 0) is 25.7 Å². The molecule has 1 rings (SSSR count). The summed E-state index contributed by atoms with van der Waals surface area (Å²) in [6, 6.07) is 0. The molecule has 0 saturated heterocycles. The molecule has 0 amide bonds. The van der Waals surface area contributed by atoms with E-state index < -0.39 is 5.54 Å². The molecule has 1 atom stereocenters. The van der Waals surface area contributed by atoms with Gasteiger partial charge in [0.2, 0.25) is 0 Å². The molecule has 4 nitrogen and oxygen atoms in total. The fourth-order valence-corrected chi connectivity index (χ4v) is 2.48. The number of carbonyl (C=O) groups excluding carboxylic acids is 1. The van der Waals surface area contributed by atoms with E-state index in [1.54, 1.807) is 6.92 Å². The van der Waals surface area contributed by atoms with Crippen LogP contribution in [0.25, 0.3) is 0 Å². The van der Waals surface area contributed by atoms with Crippen LogP contribution in [-0.4, -0.2) is 41.3 Å². The van der Waals surface area contributed by atoms with Crippen molar-refractivity contribution in [2.45, 2.75) is 25.3 Å². The van der Waals surface area contributed by atoms with Crippen molar-refractivity contribution in [3.8, 4) is 0 Å². The summed E-state index contributed by atoms with van der Waals surface area (Å²) in [6.45, 7) is 2.27. The van der Waals surface area contributed by atoms with E-state index in [4.69, 9.17) is 15.6 Å². The molecule has 88 valence electrons. The van der Waals surface area contributed by atoms with Gasteiger partial charge in [-0.1, -0.05) is 0 Å². The molecule has 0 aromatic carbocycles. The zero-order valence-electron chi connectivity index (χ0n) is 9.07. The lowest BCUT2D eigenvalue weighted by Crippen LogP contribution is -2.53. The molecule has 0 aromatic heterocycles. The van der Waals surface area contributed by atoms with Crippen molar-refractivity contribution < 1.29 is 14.6 Å². The first kappa shape index (κ1) is 12.8. The lowest BCUT2D eigenvalue weighted by molar-refractivity contribution is -0.149. The van der Waals surface area contributed by atoms with Crippen LogP contribution in [0.1, 0.15) is 19.8 Å². The summed E-state index contributed by atoms with van der Waals surface area (Å²) in [7, 11) is 0. The van der Waals surface area contributed by atoms with E-state index >= 15 is 0 Å². The summed E-state index contributed by atoms with van der Waals surface area (Å²) in [5, 5.41) is 8.68. The molecule has 15 heavy (non-hydrogen) atoms. The van der Waals surface area contributed by atoms with Gasteiger partial charge in [0.25, 0.3) is 0 Å². The molecule has 3 N–H and O–H groups in total. The Morgan fingerprint density at radius 2 is 2.33 bits per heavy atom. The molecule has 1 fully saturated rings. The van der Waals surface area contributed by atoms with Crippen LogP contribution in [0.3, 0.4) is 0 Å². The van der Waals surface area contributed by atoms with Gasteiger partial charge in [-0.3, -0.25) is 4.79 Å². The second-order valence-electron chi connectivity index (χ2n) is 3.81. The van der Waals surface area contributed by atoms with E-state index in [9.17, 15) is 4.79 Å². The molecule has 0 radical (unpaired) electrons. The number of nitrogens with two attached hydrogens (primary N) is 1. The molecule has 0 heterocycles. The van der Waals surface area contributed by atoms with Gasteiger partial charge in [0.15, 0.2) is 0 Å². The maximum atomic E-state index is 11.7. The van der Waals surface area contributed by atoms with Gasteiger partial charge in [0.1, 0.15) is 5.54 Å². The molecule has 5 heteroatoms. The standard InChI is InChI=1S/C10H19NO3S/c1-2-14-9(13)10(11,8-3-4-8)7-15-6-5-12/h8,12H,2-7,11H2,1H3. The van der Waals surface area contributed by atoms with Crippen LogP contribution < -0.4 is 5.73 Å². The highest BCUT2D eigenvalue weighted by molar-refractivity contribution is 7.99.